The molecule has 0 aromatic carbocycles. The number of hydrogen-bond donors (Lipinski definition) is 1. The van der Waals surface area contributed by atoms with E-state index >= 15 is 0 Å². The lowest BCUT2D eigenvalue weighted by Crippen LogP contribution is -2.52. The molecule has 0 saturated carbocycles. The molecule has 90 valence electrons. The normalized spacial score (nSPS) is 23.0. The van der Waals surface area contributed by atoms with E-state index < -0.39 is 0 Å². The van der Waals surface area contributed by atoms with Crippen molar-refractivity contribution in [3.05, 3.63) is 0 Å². The second-order valence-electron chi connectivity index (χ2n) is 5.99. The maximum Gasteiger partial charge on any atom is 0.0224 e. The summed E-state index contributed by atoms with van der Waals surface area (Å²) in [5.74, 6) is 0. The van der Waals surface area contributed by atoms with Crippen molar-refractivity contribution in [1.82, 2.24) is 9.80 Å². The van der Waals surface area contributed by atoms with Gasteiger partial charge in [-0.05, 0) is 18.9 Å². The van der Waals surface area contributed by atoms with E-state index in [9.17, 15) is 0 Å². The van der Waals surface area contributed by atoms with Crippen molar-refractivity contribution in [2.24, 2.45) is 11.1 Å². The van der Waals surface area contributed by atoms with Crippen LogP contribution in [0.4, 0.5) is 0 Å². The summed E-state index contributed by atoms with van der Waals surface area (Å²) in [6.07, 6.45) is 1.20. The zero-order chi connectivity index (χ0) is 11.5. The lowest BCUT2D eigenvalue weighted by atomic mass is 9.87. The minimum Gasteiger partial charge on any atom is -0.329 e. The van der Waals surface area contributed by atoms with Crippen LogP contribution in [-0.4, -0.2) is 55.6 Å². The third kappa shape index (κ3) is 4.49. The molecular weight excluding hydrogens is 186 g/mol. The SMILES string of the molecule is CN1CCN(C(CN)CC(C)(C)C)CC1. The average molecular weight is 213 g/mol. The van der Waals surface area contributed by atoms with Gasteiger partial charge in [0, 0.05) is 38.8 Å². The summed E-state index contributed by atoms with van der Waals surface area (Å²) in [6, 6.07) is 0.568. The summed E-state index contributed by atoms with van der Waals surface area (Å²) >= 11 is 0. The molecule has 15 heavy (non-hydrogen) atoms. The Morgan fingerprint density at radius 1 is 1.13 bits per heavy atom. The van der Waals surface area contributed by atoms with E-state index in [1.165, 1.54) is 32.6 Å². The van der Waals surface area contributed by atoms with Crippen LogP contribution in [0.1, 0.15) is 27.2 Å². The van der Waals surface area contributed by atoms with Crippen LogP contribution in [-0.2, 0) is 0 Å². The Bertz CT molecular complexity index is 178. The van der Waals surface area contributed by atoms with Crippen molar-refractivity contribution in [2.75, 3.05) is 39.8 Å². The number of likely N-dealkylation sites (N-methyl/N-ethyl adjacent to an activating group) is 1. The van der Waals surface area contributed by atoms with Gasteiger partial charge in [0.25, 0.3) is 0 Å². The van der Waals surface area contributed by atoms with Gasteiger partial charge in [0.1, 0.15) is 0 Å². The molecule has 0 amide bonds. The van der Waals surface area contributed by atoms with Crippen LogP contribution in [0.3, 0.4) is 0 Å². The van der Waals surface area contributed by atoms with Gasteiger partial charge in [0.2, 0.25) is 0 Å². The highest BCUT2D eigenvalue weighted by Crippen LogP contribution is 2.23. The molecule has 1 aliphatic heterocycles. The van der Waals surface area contributed by atoms with Gasteiger partial charge < -0.3 is 10.6 Å². The minimum atomic E-state index is 0.382. The van der Waals surface area contributed by atoms with Crippen LogP contribution < -0.4 is 5.73 Å². The van der Waals surface area contributed by atoms with Crippen LogP contribution in [0, 0.1) is 5.41 Å². The number of nitrogens with two attached hydrogens (primary N) is 1. The van der Waals surface area contributed by atoms with Crippen molar-refractivity contribution < 1.29 is 0 Å². The van der Waals surface area contributed by atoms with Gasteiger partial charge in [0.15, 0.2) is 0 Å². The summed E-state index contributed by atoms with van der Waals surface area (Å²) in [7, 11) is 2.19. The lowest BCUT2D eigenvalue weighted by Gasteiger charge is -2.39. The van der Waals surface area contributed by atoms with Crippen LogP contribution in [0.2, 0.25) is 0 Å². The maximum atomic E-state index is 5.89. The summed E-state index contributed by atoms with van der Waals surface area (Å²) in [4.78, 5) is 4.95. The Hall–Kier alpha value is -0.120. The first-order valence-electron chi connectivity index (χ1n) is 6.05. The average Bonchev–Trinajstić information content (AvgIpc) is 2.14. The van der Waals surface area contributed by atoms with E-state index in [2.05, 4.69) is 37.6 Å². The molecule has 1 saturated heterocycles. The van der Waals surface area contributed by atoms with Crippen LogP contribution in [0.25, 0.3) is 0 Å². The highest BCUT2D eigenvalue weighted by molar-refractivity contribution is 4.81. The molecule has 2 N–H and O–H groups in total. The molecule has 0 aromatic rings. The molecule has 1 unspecified atom stereocenters. The van der Waals surface area contributed by atoms with Crippen molar-refractivity contribution in [3.8, 4) is 0 Å². The predicted molar refractivity (Wildman–Crippen MR) is 66.0 cm³/mol. The fraction of sp³-hybridized carbons (Fsp3) is 1.00. The van der Waals surface area contributed by atoms with E-state index in [-0.39, 0.29) is 0 Å². The molecule has 0 aliphatic carbocycles. The number of piperazine rings is 1. The fourth-order valence-corrected chi connectivity index (χ4v) is 2.26. The third-order valence-corrected chi connectivity index (χ3v) is 3.17. The highest BCUT2D eigenvalue weighted by Gasteiger charge is 2.25. The van der Waals surface area contributed by atoms with E-state index in [0.29, 0.717) is 11.5 Å². The van der Waals surface area contributed by atoms with E-state index in [1.54, 1.807) is 0 Å². The Labute approximate surface area is 94.6 Å². The molecule has 3 nitrogen and oxygen atoms in total. The van der Waals surface area contributed by atoms with Crippen LogP contribution in [0.5, 0.6) is 0 Å². The Morgan fingerprint density at radius 3 is 2.07 bits per heavy atom. The van der Waals surface area contributed by atoms with Gasteiger partial charge in [-0.15, -0.1) is 0 Å². The van der Waals surface area contributed by atoms with Gasteiger partial charge in [-0.2, -0.15) is 0 Å². The van der Waals surface area contributed by atoms with Crippen molar-refractivity contribution in [2.45, 2.75) is 33.2 Å². The quantitative estimate of drug-likeness (QED) is 0.759. The fourth-order valence-electron chi connectivity index (χ4n) is 2.26. The topological polar surface area (TPSA) is 32.5 Å². The first-order valence-corrected chi connectivity index (χ1v) is 6.05. The molecular formula is C12H27N3. The molecule has 1 rings (SSSR count). The summed E-state index contributed by atoms with van der Waals surface area (Å²) < 4.78 is 0. The number of hydrogen-bond acceptors (Lipinski definition) is 3. The smallest absolute Gasteiger partial charge is 0.0224 e. The molecule has 0 radical (unpaired) electrons. The molecule has 0 bridgehead atoms. The second-order valence-corrected chi connectivity index (χ2v) is 5.99. The Kier molecular flexibility index (Phi) is 4.56. The predicted octanol–water partition coefficient (Wildman–Crippen LogP) is 0.997. The summed E-state index contributed by atoms with van der Waals surface area (Å²) in [5.41, 5.74) is 6.27. The van der Waals surface area contributed by atoms with E-state index in [0.717, 1.165) is 6.54 Å². The molecule has 1 fully saturated rings. The van der Waals surface area contributed by atoms with Crippen molar-refractivity contribution >= 4 is 0 Å². The first kappa shape index (κ1) is 12.9. The first-order chi connectivity index (χ1) is 6.92. The summed E-state index contributed by atoms with van der Waals surface area (Å²) in [6.45, 7) is 12.4. The molecule has 1 atom stereocenters. The van der Waals surface area contributed by atoms with Crippen LogP contribution >= 0.6 is 0 Å². The highest BCUT2D eigenvalue weighted by atomic mass is 15.3. The largest absolute Gasteiger partial charge is 0.329 e. The monoisotopic (exact) mass is 213 g/mol. The number of nitrogens with zero attached hydrogens (tertiary/aromatic N) is 2. The van der Waals surface area contributed by atoms with E-state index in [1.807, 2.05) is 0 Å². The Balaban J connectivity index is 2.44. The van der Waals surface area contributed by atoms with Crippen molar-refractivity contribution in [3.63, 3.8) is 0 Å². The van der Waals surface area contributed by atoms with Crippen molar-refractivity contribution in [1.29, 1.82) is 0 Å². The van der Waals surface area contributed by atoms with Gasteiger partial charge in [-0.25, -0.2) is 0 Å². The van der Waals surface area contributed by atoms with Gasteiger partial charge in [-0.1, -0.05) is 20.8 Å². The van der Waals surface area contributed by atoms with E-state index in [4.69, 9.17) is 5.73 Å². The summed E-state index contributed by atoms with van der Waals surface area (Å²) in [5, 5.41) is 0. The maximum absolute atomic E-state index is 5.89. The standard InChI is InChI=1S/C12H27N3/c1-12(2,3)9-11(10-13)15-7-5-14(4)6-8-15/h11H,5-10,13H2,1-4H3. The third-order valence-electron chi connectivity index (χ3n) is 3.17. The zero-order valence-corrected chi connectivity index (χ0v) is 10.8. The second kappa shape index (κ2) is 5.28. The lowest BCUT2D eigenvalue weighted by molar-refractivity contribution is 0.0918. The zero-order valence-electron chi connectivity index (χ0n) is 10.8. The molecule has 1 aliphatic rings. The Morgan fingerprint density at radius 2 is 1.67 bits per heavy atom. The number of rotatable bonds is 3. The molecule has 1 heterocycles. The van der Waals surface area contributed by atoms with Gasteiger partial charge in [-0.3, -0.25) is 4.90 Å². The molecule has 0 aromatic heterocycles. The van der Waals surface area contributed by atoms with Gasteiger partial charge >= 0.3 is 0 Å². The van der Waals surface area contributed by atoms with Crippen LogP contribution in [0.15, 0.2) is 0 Å². The van der Waals surface area contributed by atoms with Gasteiger partial charge in [0.05, 0.1) is 0 Å². The molecule has 3 heteroatoms. The minimum absolute atomic E-state index is 0.382. The molecule has 0 spiro atoms.